The van der Waals surface area contributed by atoms with Crippen molar-refractivity contribution in [1.82, 2.24) is 5.32 Å². The smallest absolute Gasteiger partial charge is 0.220 e. The Kier molecular flexibility index (Phi) is 5.05. The molecule has 0 bridgehead atoms. The molecule has 0 radical (unpaired) electrons. The minimum Gasteiger partial charge on any atom is -0.376 e. The van der Waals surface area contributed by atoms with E-state index in [2.05, 4.69) is 5.32 Å². The zero-order chi connectivity index (χ0) is 11.3. The second-order valence-electron chi connectivity index (χ2n) is 4.41. The Balaban J connectivity index is 2.12. The number of amides is 1. The molecule has 15 heavy (non-hydrogen) atoms. The lowest BCUT2D eigenvalue weighted by Gasteiger charge is -2.16. The summed E-state index contributed by atoms with van der Waals surface area (Å²) in [6.07, 6.45) is 3.43. The molecule has 1 rings (SSSR count). The van der Waals surface area contributed by atoms with Gasteiger partial charge in [-0.05, 0) is 33.1 Å². The van der Waals surface area contributed by atoms with E-state index in [-0.39, 0.29) is 24.1 Å². The van der Waals surface area contributed by atoms with Crippen LogP contribution in [0.2, 0.25) is 0 Å². The van der Waals surface area contributed by atoms with E-state index in [0.29, 0.717) is 6.42 Å². The van der Waals surface area contributed by atoms with Gasteiger partial charge < -0.3 is 15.8 Å². The Morgan fingerprint density at radius 3 is 2.93 bits per heavy atom. The van der Waals surface area contributed by atoms with Crippen LogP contribution in [0.15, 0.2) is 0 Å². The summed E-state index contributed by atoms with van der Waals surface area (Å²) in [4.78, 5) is 11.5. The number of nitrogens with two attached hydrogens (primary N) is 1. The van der Waals surface area contributed by atoms with Crippen molar-refractivity contribution >= 4 is 5.91 Å². The summed E-state index contributed by atoms with van der Waals surface area (Å²) >= 11 is 0. The van der Waals surface area contributed by atoms with Gasteiger partial charge >= 0.3 is 0 Å². The summed E-state index contributed by atoms with van der Waals surface area (Å²) in [7, 11) is 0. The minimum atomic E-state index is 0.123. The highest BCUT2D eigenvalue weighted by molar-refractivity contribution is 5.76. The minimum absolute atomic E-state index is 0.123. The molecule has 4 heteroatoms. The first kappa shape index (κ1) is 12.5. The van der Waals surface area contributed by atoms with E-state index in [0.717, 1.165) is 25.9 Å². The molecule has 0 aromatic carbocycles. The average molecular weight is 214 g/mol. The zero-order valence-corrected chi connectivity index (χ0v) is 9.66. The first-order chi connectivity index (χ1) is 7.09. The summed E-state index contributed by atoms with van der Waals surface area (Å²) in [6, 6.07) is 0.388. The van der Waals surface area contributed by atoms with Gasteiger partial charge in [-0.15, -0.1) is 0 Å². The Hall–Kier alpha value is -0.610. The Morgan fingerprint density at radius 2 is 2.40 bits per heavy atom. The monoisotopic (exact) mass is 214 g/mol. The molecular weight excluding hydrogens is 192 g/mol. The highest BCUT2D eigenvalue weighted by Crippen LogP contribution is 2.12. The Morgan fingerprint density at radius 1 is 1.67 bits per heavy atom. The third-order valence-corrected chi connectivity index (χ3v) is 2.79. The average Bonchev–Trinajstić information content (AvgIpc) is 2.51. The van der Waals surface area contributed by atoms with Gasteiger partial charge in [0.1, 0.15) is 0 Å². The van der Waals surface area contributed by atoms with E-state index >= 15 is 0 Å². The van der Waals surface area contributed by atoms with Gasteiger partial charge in [-0.2, -0.15) is 0 Å². The molecule has 3 N–H and O–H groups in total. The fourth-order valence-corrected chi connectivity index (χ4v) is 1.78. The van der Waals surface area contributed by atoms with Crippen LogP contribution in [0.25, 0.3) is 0 Å². The molecule has 3 atom stereocenters. The summed E-state index contributed by atoms with van der Waals surface area (Å²) < 4.78 is 5.37. The first-order valence-corrected chi connectivity index (χ1v) is 5.76. The van der Waals surface area contributed by atoms with Gasteiger partial charge in [0.05, 0.1) is 12.1 Å². The number of carbonyl (C=O) groups is 1. The first-order valence-electron chi connectivity index (χ1n) is 5.76. The SMILES string of the molecule is CC(N)CCCC(=O)NC1CCOC1C. The van der Waals surface area contributed by atoms with Gasteiger partial charge in [0, 0.05) is 19.1 Å². The third kappa shape index (κ3) is 4.62. The quantitative estimate of drug-likeness (QED) is 0.711. The normalized spacial score (nSPS) is 27.7. The number of carbonyl (C=O) groups excluding carboxylic acids is 1. The molecule has 1 amide bonds. The molecule has 1 saturated heterocycles. The molecule has 0 aromatic heterocycles. The zero-order valence-electron chi connectivity index (χ0n) is 9.66. The highest BCUT2D eigenvalue weighted by atomic mass is 16.5. The van der Waals surface area contributed by atoms with E-state index in [1.165, 1.54) is 0 Å². The molecule has 88 valence electrons. The molecule has 1 aliphatic heterocycles. The third-order valence-electron chi connectivity index (χ3n) is 2.79. The number of hydrogen-bond donors (Lipinski definition) is 2. The van der Waals surface area contributed by atoms with E-state index < -0.39 is 0 Å². The van der Waals surface area contributed by atoms with Crippen LogP contribution >= 0.6 is 0 Å². The van der Waals surface area contributed by atoms with Gasteiger partial charge in [0.15, 0.2) is 0 Å². The fraction of sp³-hybridized carbons (Fsp3) is 0.909. The van der Waals surface area contributed by atoms with Crippen molar-refractivity contribution in [1.29, 1.82) is 0 Å². The van der Waals surface area contributed by atoms with Gasteiger partial charge in [-0.25, -0.2) is 0 Å². The number of rotatable bonds is 5. The molecule has 4 nitrogen and oxygen atoms in total. The van der Waals surface area contributed by atoms with Crippen LogP contribution in [0.1, 0.15) is 39.5 Å². The maximum absolute atomic E-state index is 11.5. The largest absolute Gasteiger partial charge is 0.376 e. The number of hydrogen-bond acceptors (Lipinski definition) is 3. The Labute approximate surface area is 91.5 Å². The molecule has 1 fully saturated rings. The van der Waals surface area contributed by atoms with Crippen LogP contribution in [-0.4, -0.2) is 30.7 Å². The summed E-state index contributed by atoms with van der Waals surface area (Å²) in [5.41, 5.74) is 5.61. The van der Waals surface area contributed by atoms with Gasteiger partial charge in [-0.3, -0.25) is 4.79 Å². The van der Waals surface area contributed by atoms with Crippen molar-refractivity contribution in [2.24, 2.45) is 5.73 Å². The molecule has 0 aromatic rings. The van der Waals surface area contributed by atoms with Crippen LogP contribution < -0.4 is 11.1 Å². The van der Waals surface area contributed by atoms with E-state index in [4.69, 9.17) is 10.5 Å². The molecule has 0 aliphatic carbocycles. The maximum Gasteiger partial charge on any atom is 0.220 e. The molecule has 1 aliphatic rings. The van der Waals surface area contributed by atoms with Crippen molar-refractivity contribution in [3.8, 4) is 0 Å². The van der Waals surface area contributed by atoms with E-state index in [1.807, 2.05) is 13.8 Å². The highest BCUT2D eigenvalue weighted by Gasteiger charge is 2.25. The lowest BCUT2D eigenvalue weighted by molar-refractivity contribution is -0.122. The van der Waals surface area contributed by atoms with Gasteiger partial charge in [0.2, 0.25) is 5.91 Å². The lowest BCUT2D eigenvalue weighted by atomic mass is 10.1. The predicted molar refractivity (Wildman–Crippen MR) is 59.5 cm³/mol. The van der Waals surface area contributed by atoms with Crippen molar-refractivity contribution < 1.29 is 9.53 Å². The Bertz CT molecular complexity index is 207. The summed E-state index contributed by atoms with van der Waals surface area (Å²) in [6.45, 7) is 4.72. The number of ether oxygens (including phenoxy) is 1. The predicted octanol–water partition coefficient (Wildman–Crippen LogP) is 0.797. The molecule has 3 unspecified atom stereocenters. The topological polar surface area (TPSA) is 64.4 Å². The fourth-order valence-electron chi connectivity index (χ4n) is 1.78. The van der Waals surface area contributed by atoms with Crippen LogP contribution in [0, 0.1) is 0 Å². The van der Waals surface area contributed by atoms with Gasteiger partial charge in [0.25, 0.3) is 0 Å². The van der Waals surface area contributed by atoms with E-state index in [1.54, 1.807) is 0 Å². The second-order valence-corrected chi connectivity index (χ2v) is 4.41. The summed E-state index contributed by atoms with van der Waals surface area (Å²) in [5.74, 6) is 0.123. The maximum atomic E-state index is 11.5. The standard InChI is InChI=1S/C11H22N2O2/c1-8(12)4-3-5-11(14)13-10-6-7-15-9(10)2/h8-10H,3-7,12H2,1-2H3,(H,13,14). The van der Waals surface area contributed by atoms with Crippen LogP contribution in [-0.2, 0) is 9.53 Å². The van der Waals surface area contributed by atoms with Crippen molar-refractivity contribution in [3.05, 3.63) is 0 Å². The van der Waals surface area contributed by atoms with Crippen molar-refractivity contribution in [3.63, 3.8) is 0 Å². The van der Waals surface area contributed by atoms with Crippen LogP contribution in [0.4, 0.5) is 0 Å². The summed E-state index contributed by atoms with van der Waals surface area (Å²) in [5, 5.41) is 3.00. The van der Waals surface area contributed by atoms with Crippen molar-refractivity contribution in [2.45, 2.75) is 57.7 Å². The number of nitrogens with one attached hydrogen (secondary N) is 1. The molecule has 0 saturated carbocycles. The molecule has 0 spiro atoms. The molecule has 1 heterocycles. The second kappa shape index (κ2) is 6.08. The molecular formula is C11H22N2O2. The van der Waals surface area contributed by atoms with E-state index in [9.17, 15) is 4.79 Å². The van der Waals surface area contributed by atoms with Crippen LogP contribution in [0.5, 0.6) is 0 Å². The van der Waals surface area contributed by atoms with Crippen LogP contribution in [0.3, 0.4) is 0 Å². The van der Waals surface area contributed by atoms with Gasteiger partial charge in [-0.1, -0.05) is 0 Å². The van der Waals surface area contributed by atoms with Crippen molar-refractivity contribution in [2.75, 3.05) is 6.61 Å². The lowest BCUT2D eigenvalue weighted by Crippen LogP contribution is -2.39.